The molecule has 88 valence electrons. The van der Waals surface area contributed by atoms with Crippen molar-refractivity contribution >= 4 is 0 Å². The van der Waals surface area contributed by atoms with Crippen LogP contribution in [0.15, 0.2) is 0 Å². The van der Waals surface area contributed by atoms with Crippen LogP contribution in [0.25, 0.3) is 0 Å². The lowest BCUT2D eigenvalue weighted by Crippen LogP contribution is -2.32. The van der Waals surface area contributed by atoms with E-state index < -0.39 is 0 Å². The molecule has 1 N–H and O–H groups in total. The predicted octanol–water partition coefficient (Wildman–Crippen LogP) is 0.954. The summed E-state index contributed by atoms with van der Waals surface area (Å²) in [6, 6.07) is 0. The molecule has 0 aromatic carbocycles. The second-order valence-corrected chi connectivity index (χ2v) is 5.27. The minimum Gasteiger partial charge on any atom is -0.383 e. The van der Waals surface area contributed by atoms with Crippen LogP contribution in [0.3, 0.4) is 0 Å². The van der Waals surface area contributed by atoms with Crippen molar-refractivity contribution in [2.75, 3.05) is 46.9 Å². The standard InChI is InChI=1S/C12H24N2O/c1-14(7-8-15-2)10-11-9-12(11)3-5-13-6-4-12/h11,13H,3-10H2,1-2H3. The van der Waals surface area contributed by atoms with Crippen molar-refractivity contribution in [1.29, 1.82) is 0 Å². The van der Waals surface area contributed by atoms with Crippen LogP contribution in [-0.2, 0) is 4.74 Å². The molecule has 15 heavy (non-hydrogen) atoms. The van der Waals surface area contributed by atoms with E-state index in [-0.39, 0.29) is 0 Å². The Balaban J connectivity index is 1.69. The molecule has 1 atom stereocenters. The van der Waals surface area contributed by atoms with Crippen molar-refractivity contribution < 1.29 is 4.74 Å². The van der Waals surface area contributed by atoms with Crippen molar-refractivity contribution in [2.24, 2.45) is 11.3 Å². The fourth-order valence-corrected chi connectivity index (χ4v) is 2.94. The first-order chi connectivity index (χ1) is 7.27. The van der Waals surface area contributed by atoms with Gasteiger partial charge in [0.1, 0.15) is 0 Å². The maximum absolute atomic E-state index is 5.10. The van der Waals surface area contributed by atoms with Gasteiger partial charge in [0.15, 0.2) is 0 Å². The molecule has 2 fully saturated rings. The number of ether oxygens (including phenoxy) is 1. The van der Waals surface area contributed by atoms with Gasteiger partial charge in [-0.3, -0.25) is 0 Å². The number of hydrogen-bond donors (Lipinski definition) is 1. The Morgan fingerprint density at radius 3 is 2.80 bits per heavy atom. The predicted molar refractivity (Wildman–Crippen MR) is 62.0 cm³/mol. The number of rotatable bonds is 5. The summed E-state index contributed by atoms with van der Waals surface area (Å²) in [5.41, 5.74) is 0.729. The van der Waals surface area contributed by atoms with Crippen LogP contribution < -0.4 is 5.32 Å². The normalized spacial score (nSPS) is 28.6. The monoisotopic (exact) mass is 212 g/mol. The molecule has 1 unspecified atom stereocenters. The Morgan fingerprint density at radius 2 is 2.13 bits per heavy atom. The zero-order valence-corrected chi connectivity index (χ0v) is 10.1. The summed E-state index contributed by atoms with van der Waals surface area (Å²) < 4.78 is 5.10. The van der Waals surface area contributed by atoms with Crippen LogP contribution in [0.5, 0.6) is 0 Å². The van der Waals surface area contributed by atoms with Gasteiger partial charge in [-0.25, -0.2) is 0 Å². The van der Waals surface area contributed by atoms with Crippen molar-refractivity contribution in [1.82, 2.24) is 10.2 Å². The van der Waals surface area contributed by atoms with Gasteiger partial charge < -0.3 is 15.0 Å². The summed E-state index contributed by atoms with van der Waals surface area (Å²) in [7, 11) is 3.99. The van der Waals surface area contributed by atoms with Gasteiger partial charge in [0.25, 0.3) is 0 Å². The molecule has 0 aromatic rings. The van der Waals surface area contributed by atoms with Gasteiger partial charge in [0.2, 0.25) is 0 Å². The van der Waals surface area contributed by atoms with Crippen LogP contribution in [0, 0.1) is 11.3 Å². The van der Waals surface area contributed by atoms with E-state index in [1.807, 2.05) is 0 Å². The Labute approximate surface area is 93.2 Å². The molecule has 1 spiro atoms. The third kappa shape index (κ3) is 2.71. The van der Waals surface area contributed by atoms with E-state index >= 15 is 0 Å². The lowest BCUT2D eigenvalue weighted by Gasteiger charge is -2.25. The van der Waals surface area contributed by atoms with Crippen molar-refractivity contribution in [3.63, 3.8) is 0 Å². The van der Waals surface area contributed by atoms with Gasteiger partial charge in [-0.1, -0.05) is 0 Å². The quantitative estimate of drug-likeness (QED) is 0.734. The molecule has 3 nitrogen and oxygen atoms in total. The third-order valence-corrected chi connectivity index (χ3v) is 4.17. The largest absolute Gasteiger partial charge is 0.383 e. The van der Waals surface area contributed by atoms with E-state index in [0.29, 0.717) is 0 Å². The summed E-state index contributed by atoms with van der Waals surface area (Å²) >= 11 is 0. The second kappa shape index (κ2) is 4.81. The van der Waals surface area contributed by atoms with Crippen LogP contribution in [0.1, 0.15) is 19.3 Å². The lowest BCUT2D eigenvalue weighted by molar-refractivity contribution is 0.154. The van der Waals surface area contributed by atoms with E-state index in [9.17, 15) is 0 Å². The Morgan fingerprint density at radius 1 is 1.40 bits per heavy atom. The van der Waals surface area contributed by atoms with E-state index in [0.717, 1.165) is 24.5 Å². The molecule has 1 saturated carbocycles. The molecule has 1 aliphatic carbocycles. The van der Waals surface area contributed by atoms with Gasteiger partial charge in [0.05, 0.1) is 6.61 Å². The number of piperidine rings is 1. The van der Waals surface area contributed by atoms with Crippen LogP contribution in [0.4, 0.5) is 0 Å². The number of hydrogen-bond acceptors (Lipinski definition) is 3. The van der Waals surface area contributed by atoms with Gasteiger partial charge in [0, 0.05) is 20.2 Å². The summed E-state index contributed by atoms with van der Waals surface area (Å²) in [5, 5.41) is 3.45. The van der Waals surface area contributed by atoms with Crippen molar-refractivity contribution in [3.8, 4) is 0 Å². The maximum Gasteiger partial charge on any atom is 0.0589 e. The Bertz CT molecular complexity index is 202. The molecular formula is C12H24N2O. The first kappa shape index (κ1) is 11.4. The van der Waals surface area contributed by atoms with Crippen LogP contribution in [-0.4, -0.2) is 51.8 Å². The average Bonchev–Trinajstić information content (AvgIpc) is 2.88. The number of methoxy groups -OCH3 is 1. The first-order valence-corrected chi connectivity index (χ1v) is 6.15. The molecule has 1 heterocycles. The highest BCUT2D eigenvalue weighted by Crippen LogP contribution is 2.58. The number of nitrogens with one attached hydrogen (secondary N) is 1. The first-order valence-electron chi connectivity index (χ1n) is 6.15. The van der Waals surface area contributed by atoms with Crippen molar-refractivity contribution in [3.05, 3.63) is 0 Å². The minimum absolute atomic E-state index is 0.729. The second-order valence-electron chi connectivity index (χ2n) is 5.27. The van der Waals surface area contributed by atoms with Gasteiger partial charge in [-0.05, 0) is 50.7 Å². The average molecular weight is 212 g/mol. The molecule has 0 radical (unpaired) electrons. The Hall–Kier alpha value is -0.120. The highest BCUT2D eigenvalue weighted by Gasteiger charge is 2.53. The minimum atomic E-state index is 0.729. The van der Waals surface area contributed by atoms with Gasteiger partial charge in [-0.2, -0.15) is 0 Å². The van der Waals surface area contributed by atoms with Crippen LogP contribution >= 0.6 is 0 Å². The molecule has 2 rings (SSSR count). The molecule has 2 aliphatic rings. The van der Waals surface area contributed by atoms with Crippen molar-refractivity contribution in [2.45, 2.75) is 19.3 Å². The zero-order valence-electron chi connectivity index (χ0n) is 10.1. The fraction of sp³-hybridized carbons (Fsp3) is 1.00. The maximum atomic E-state index is 5.10. The SMILES string of the molecule is COCCN(C)CC1CC12CCNCC2. The van der Waals surface area contributed by atoms with E-state index in [4.69, 9.17) is 4.74 Å². The molecule has 0 aromatic heterocycles. The smallest absolute Gasteiger partial charge is 0.0589 e. The zero-order chi connectivity index (χ0) is 10.7. The summed E-state index contributed by atoms with van der Waals surface area (Å²) in [4.78, 5) is 2.42. The van der Waals surface area contributed by atoms with Gasteiger partial charge >= 0.3 is 0 Å². The highest BCUT2D eigenvalue weighted by atomic mass is 16.5. The number of likely N-dealkylation sites (N-methyl/N-ethyl adjacent to an activating group) is 1. The third-order valence-electron chi connectivity index (χ3n) is 4.17. The van der Waals surface area contributed by atoms with E-state index in [1.165, 1.54) is 38.9 Å². The molecule has 1 aliphatic heterocycles. The van der Waals surface area contributed by atoms with Gasteiger partial charge in [-0.15, -0.1) is 0 Å². The number of nitrogens with zero attached hydrogens (tertiary/aromatic N) is 1. The topological polar surface area (TPSA) is 24.5 Å². The van der Waals surface area contributed by atoms with E-state index in [1.54, 1.807) is 7.11 Å². The summed E-state index contributed by atoms with van der Waals surface area (Å²) in [5.74, 6) is 0.960. The molecular weight excluding hydrogens is 188 g/mol. The highest BCUT2D eigenvalue weighted by molar-refractivity contribution is 5.05. The fourth-order valence-electron chi connectivity index (χ4n) is 2.94. The molecule has 0 amide bonds. The molecule has 3 heteroatoms. The Kier molecular flexibility index (Phi) is 3.65. The lowest BCUT2D eigenvalue weighted by atomic mass is 9.92. The van der Waals surface area contributed by atoms with Crippen LogP contribution in [0.2, 0.25) is 0 Å². The van der Waals surface area contributed by atoms with E-state index in [2.05, 4.69) is 17.3 Å². The molecule has 1 saturated heterocycles. The summed E-state index contributed by atoms with van der Waals surface area (Å²) in [6.45, 7) is 5.67. The summed E-state index contributed by atoms with van der Waals surface area (Å²) in [6.07, 6.45) is 4.26. The molecule has 0 bridgehead atoms.